The molecule has 0 spiro atoms. The summed E-state index contributed by atoms with van der Waals surface area (Å²) in [4.78, 5) is 23.6. The van der Waals surface area contributed by atoms with Crippen LogP contribution in [-0.4, -0.2) is 33.4 Å². The van der Waals surface area contributed by atoms with Crippen LogP contribution >= 0.6 is 0 Å². The number of piperidine rings is 1. The molecular formula is C24H26N4O. The first-order valence-corrected chi connectivity index (χ1v) is 10.2. The molecule has 0 saturated carbocycles. The van der Waals surface area contributed by atoms with E-state index in [4.69, 9.17) is 5.73 Å². The predicted octanol–water partition coefficient (Wildman–Crippen LogP) is 4.35. The van der Waals surface area contributed by atoms with Gasteiger partial charge in [0.2, 0.25) is 0 Å². The van der Waals surface area contributed by atoms with Gasteiger partial charge in [0, 0.05) is 29.8 Å². The fraction of sp³-hybridized carbons (Fsp3) is 0.292. The van der Waals surface area contributed by atoms with Gasteiger partial charge in [-0.05, 0) is 49.8 Å². The summed E-state index contributed by atoms with van der Waals surface area (Å²) in [6.07, 6.45) is 6.76. The zero-order valence-corrected chi connectivity index (χ0v) is 16.5. The van der Waals surface area contributed by atoms with Crippen molar-refractivity contribution in [1.82, 2.24) is 14.9 Å². The lowest BCUT2D eigenvalue weighted by atomic mass is 9.94. The van der Waals surface area contributed by atoms with Crippen molar-refractivity contribution in [3.8, 4) is 11.3 Å². The van der Waals surface area contributed by atoms with Gasteiger partial charge < -0.3 is 10.6 Å². The number of nitrogens with two attached hydrogens (primary N) is 1. The minimum Gasteiger partial charge on any atom is -0.384 e. The lowest BCUT2D eigenvalue weighted by Gasteiger charge is -2.36. The number of carbonyl (C=O) groups is 1. The number of aryl methyl sites for hydroxylation is 1. The third-order valence-electron chi connectivity index (χ3n) is 5.59. The summed E-state index contributed by atoms with van der Waals surface area (Å²) in [5, 5.41) is 0. The highest BCUT2D eigenvalue weighted by atomic mass is 16.2. The summed E-state index contributed by atoms with van der Waals surface area (Å²) >= 11 is 0. The van der Waals surface area contributed by atoms with E-state index in [0.29, 0.717) is 11.4 Å². The van der Waals surface area contributed by atoms with Gasteiger partial charge >= 0.3 is 0 Å². The molecule has 2 N–H and O–H groups in total. The van der Waals surface area contributed by atoms with E-state index in [2.05, 4.69) is 39.1 Å². The summed E-state index contributed by atoms with van der Waals surface area (Å²) < 4.78 is 0. The van der Waals surface area contributed by atoms with E-state index in [9.17, 15) is 4.79 Å². The quantitative estimate of drug-likeness (QED) is 0.707. The molecule has 0 aliphatic carbocycles. The summed E-state index contributed by atoms with van der Waals surface area (Å²) in [6, 6.07) is 20.2. The highest BCUT2D eigenvalue weighted by molar-refractivity contribution is 5.95. The SMILES string of the molecule is Nc1cc(-c2cccc(C(=O)N3CCCC[C@H]3CCc3ccccc3)c2)ncn1. The van der Waals surface area contributed by atoms with E-state index in [1.807, 2.05) is 30.3 Å². The molecule has 1 fully saturated rings. The first-order chi connectivity index (χ1) is 14.2. The Morgan fingerprint density at radius 1 is 1.03 bits per heavy atom. The van der Waals surface area contributed by atoms with Crippen molar-refractivity contribution in [2.75, 3.05) is 12.3 Å². The zero-order valence-electron chi connectivity index (χ0n) is 16.5. The molecule has 1 aromatic heterocycles. The summed E-state index contributed by atoms with van der Waals surface area (Å²) in [6.45, 7) is 0.822. The van der Waals surface area contributed by atoms with Gasteiger partial charge in [-0.15, -0.1) is 0 Å². The molecule has 0 radical (unpaired) electrons. The summed E-state index contributed by atoms with van der Waals surface area (Å²) in [5.74, 6) is 0.523. The lowest BCUT2D eigenvalue weighted by Crippen LogP contribution is -2.44. The van der Waals surface area contributed by atoms with Gasteiger partial charge in [0.1, 0.15) is 12.1 Å². The average molecular weight is 386 g/mol. The van der Waals surface area contributed by atoms with E-state index in [1.54, 1.807) is 6.07 Å². The number of anilines is 1. The average Bonchev–Trinajstić information content (AvgIpc) is 2.78. The Morgan fingerprint density at radius 2 is 1.90 bits per heavy atom. The Hall–Kier alpha value is -3.21. The molecule has 3 aromatic rings. The van der Waals surface area contributed by atoms with Crippen molar-refractivity contribution >= 4 is 11.7 Å². The standard InChI is InChI=1S/C24H26N4O/c25-23-16-22(26-17-27-23)19-9-6-10-20(15-19)24(29)28-14-5-4-11-21(28)13-12-18-7-2-1-3-8-18/h1-3,6-10,15-17,21H,4-5,11-14H2,(H2,25,26,27)/t21-/m0/s1. The van der Waals surface area contributed by atoms with Crippen LogP contribution in [0.15, 0.2) is 67.0 Å². The lowest BCUT2D eigenvalue weighted by molar-refractivity contribution is 0.0602. The fourth-order valence-electron chi connectivity index (χ4n) is 4.05. The molecule has 1 saturated heterocycles. The molecule has 0 bridgehead atoms. The molecule has 5 nitrogen and oxygen atoms in total. The molecule has 2 heterocycles. The molecule has 2 aromatic carbocycles. The van der Waals surface area contributed by atoms with E-state index >= 15 is 0 Å². The fourth-order valence-corrected chi connectivity index (χ4v) is 4.05. The second-order valence-corrected chi connectivity index (χ2v) is 7.58. The van der Waals surface area contributed by atoms with E-state index < -0.39 is 0 Å². The minimum atomic E-state index is 0.103. The van der Waals surface area contributed by atoms with Crippen LogP contribution in [0.1, 0.15) is 41.6 Å². The second kappa shape index (κ2) is 8.86. The predicted molar refractivity (Wildman–Crippen MR) is 115 cm³/mol. The molecule has 1 aliphatic rings. The highest BCUT2D eigenvalue weighted by Gasteiger charge is 2.27. The van der Waals surface area contributed by atoms with E-state index in [1.165, 1.54) is 18.3 Å². The molecule has 29 heavy (non-hydrogen) atoms. The van der Waals surface area contributed by atoms with Crippen molar-refractivity contribution in [2.45, 2.75) is 38.1 Å². The van der Waals surface area contributed by atoms with Gasteiger partial charge in [-0.1, -0.05) is 42.5 Å². The first-order valence-electron chi connectivity index (χ1n) is 10.2. The van der Waals surface area contributed by atoms with Crippen LogP contribution in [0.3, 0.4) is 0 Å². The van der Waals surface area contributed by atoms with Crippen molar-refractivity contribution < 1.29 is 4.79 Å². The Morgan fingerprint density at radius 3 is 2.72 bits per heavy atom. The maximum atomic E-state index is 13.3. The number of nitrogen functional groups attached to an aromatic ring is 1. The molecule has 148 valence electrons. The van der Waals surface area contributed by atoms with Crippen LogP contribution in [0.25, 0.3) is 11.3 Å². The summed E-state index contributed by atoms with van der Waals surface area (Å²) in [7, 11) is 0. The maximum absolute atomic E-state index is 13.3. The number of benzene rings is 2. The van der Waals surface area contributed by atoms with E-state index in [-0.39, 0.29) is 11.9 Å². The second-order valence-electron chi connectivity index (χ2n) is 7.58. The van der Waals surface area contributed by atoms with Gasteiger partial charge in [-0.2, -0.15) is 0 Å². The van der Waals surface area contributed by atoms with E-state index in [0.717, 1.165) is 43.5 Å². The highest BCUT2D eigenvalue weighted by Crippen LogP contribution is 2.25. The van der Waals surface area contributed by atoms with Crippen LogP contribution in [0.4, 0.5) is 5.82 Å². The number of nitrogens with zero attached hydrogens (tertiary/aromatic N) is 3. The van der Waals surface area contributed by atoms with Gasteiger partial charge in [-0.3, -0.25) is 4.79 Å². The number of carbonyl (C=O) groups excluding carboxylic acids is 1. The molecule has 5 heteroatoms. The topological polar surface area (TPSA) is 72.1 Å². The number of likely N-dealkylation sites (tertiary alicyclic amines) is 1. The Balaban J connectivity index is 1.51. The van der Waals surface area contributed by atoms with Crippen molar-refractivity contribution in [2.24, 2.45) is 0 Å². The Labute approximate surface area is 171 Å². The molecular weight excluding hydrogens is 360 g/mol. The largest absolute Gasteiger partial charge is 0.384 e. The number of rotatable bonds is 5. The van der Waals surface area contributed by atoms with Gasteiger partial charge in [-0.25, -0.2) is 9.97 Å². The normalized spacial score (nSPS) is 16.6. The van der Waals surface area contributed by atoms with Crippen LogP contribution in [0, 0.1) is 0 Å². The van der Waals surface area contributed by atoms with Crippen molar-refractivity contribution in [3.63, 3.8) is 0 Å². The number of hydrogen-bond donors (Lipinski definition) is 1. The Kier molecular flexibility index (Phi) is 5.84. The molecule has 0 unspecified atom stereocenters. The van der Waals surface area contributed by atoms with Gasteiger partial charge in [0.15, 0.2) is 0 Å². The van der Waals surface area contributed by atoms with Crippen molar-refractivity contribution in [3.05, 3.63) is 78.1 Å². The molecule has 4 rings (SSSR count). The maximum Gasteiger partial charge on any atom is 0.254 e. The third kappa shape index (κ3) is 4.62. The number of hydrogen-bond acceptors (Lipinski definition) is 4. The number of amides is 1. The zero-order chi connectivity index (χ0) is 20.1. The molecule has 1 amide bonds. The smallest absolute Gasteiger partial charge is 0.254 e. The minimum absolute atomic E-state index is 0.103. The van der Waals surface area contributed by atoms with Crippen LogP contribution < -0.4 is 5.73 Å². The Bertz CT molecular complexity index is 973. The monoisotopic (exact) mass is 386 g/mol. The van der Waals surface area contributed by atoms with Crippen LogP contribution in [-0.2, 0) is 6.42 Å². The summed E-state index contributed by atoms with van der Waals surface area (Å²) in [5.41, 5.74) is 9.42. The number of aromatic nitrogens is 2. The van der Waals surface area contributed by atoms with Crippen LogP contribution in [0.5, 0.6) is 0 Å². The first kappa shape index (κ1) is 19.1. The van der Waals surface area contributed by atoms with Gasteiger partial charge in [0.25, 0.3) is 5.91 Å². The third-order valence-corrected chi connectivity index (χ3v) is 5.59. The molecule has 1 aliphatic heterocycles. The molecule has 1 atom stereocenters. The van der Waals surface area contributed by atoms with Gasteiger partial charge in [0.05, 0.1) is 5.69 Å². The van der Waals surface area contributed by atoms with Crippen LogP contribution in [0.2, 0.25) is 0 Å². The van der Waals surface area contributed by atoms with Crippen molar-refractivity contribution in [1.29, 1.82) is 0 Å².